The summed E-state index contributed by atoms with van der Waals surface area (Å²) in [6.45, 7) is 0. The Kier molecular flexibility index (Phi) is 4.51. The van der Waals surface area contributed by atoms with Crippen LogP contribution in [0.25, 0.3) is 0 Å². The maximum absolute atomic E-state index is 13.6. The van der Waals surface area contributed by atoms with Gasteiger partial charge in [-0.3, -0.25) is 19.3 Å². The molecule has 1 aliphatic heterocycles. The first-order valence-electron chi connectivity index (χ1n) is 11.2. The van der Waals surface area contributed by atoms with E-state index < -0.39 is 11.9 Å². The van der Waals surface area contributed by atoms with E-state index in [4.69, 9.17) is 11.6 Å². The van der Waals surface area contributed by atoms with Crippen molar-refractivity contribution in [3.05, 3.63) is 77.3 Å². The van der Waals surface area contributed by atoms with E-state index in [1.54, 1.807) is 24.3 Å². The number of para-hydroxylation sites is 1. The van der Waals surface area contributed by atoms with E-state index in [-0.39, 0.29) is 41.9 Å². The summed E-state index contributed by atoms with van der Waals surface area (Å²) in [6.07, 6.45) is 5.66. The first kappa shape index (κ1) is 19.7. The Bertz CT molecular complexity index is 1110. The number of amides is 3. The van der Waals surface area contributed by atoms with Crippen LogP contribution in [-0.2, 0) is 20.8 Å². The molecule has 5 aliphatic rings. The van der Waals surface area contributed by atoms with Crippen LogP contribution in [0, 0.1) is 35.5 Å². The highest BCUT2D eigenvalue weighted by Crippen LogP contribution is 2.65. The lowest BCUT2D eigenvalue weighted by Gasteiger charge is -2.37. The highest BCUT2D eigenvalue weighted by molar-refractivity contribution is 6.33. The topological polar surface area (TPSA) is 66.5 Å². The Morgan fingerprint density at radius 1 is 0.938 bits per heavy atom. The Hall–Kier alpha value is -2.92. The van der Waals surface area contributed by atoms with Crippen LogP contribution in [0.2, 0.25) is 5.02 Å². The molecule has 2 bridgehead atoms. The molecule has 1 saturated heterocycles. The van der Waals surface area contributed by atoms with Gasteiger partial charge in [-0.25, -0.2) is 0 Å². The van der Waals surface area contributed by atoms with Crippen molar-refractivity contribution in [2.75, 3.05) is 5.32 Å². The van der Waals surface area contributed by atoms with Crippen molar-refractivity contribution < 1.29 is 14.4 Å². The lowest BCUT2D eigenvalue weighted by Crippen LogP contribution is -2.49. The van der Waals surface area contributed by atoms with Gasteiger partial charge < -0.3 is 5.32 Å². The first-order chi connectivity index (χ1) is 15.5. The third kappa shape index (κ3) is 2.95. The number of imide groups is 1. The lowest BCUT2D eigenvalue weighted by molar-refractivity contribution is -0.146. The molecule has 2 aromatic rings. The van der Waals surface area contributed by atoms with Gasteiger partial charge in [0.15, 0.2) is 0 Å². The van der Waals surface area contributed by atoms with Crippen LogP contribution in [0.1, 0.15) is 12.0 Å². The van der Waals surface area contributed by atoms with Gasteiger partial charge in [-0.1, -0.05) is 66.2 Å². The Labute approximate surface area is 191 Å². The second kappa shape index (κ2) is 7.31. The molecule has 2 aromatic carbocycles. The summed E-state index contributed by atoms with van der Waals surface area (Å²) < 4.78 is 0. The van der Waals surface area contributed by atoms with Crippen LogP contribution in [0.4, 0.5) is 5.69 Å². The van der Waals surface area contributed by atoms with Crippen LogP contribution < -0.4 is 5.32 Å². The molecule has 32 heavy (non-hydrogen) atoms. The summed E-state index contributed by atoms with van der Waals surface area (Å²) in [5.74, 6) is -0.145. The van der Waals surface area contributed by atoms with Crippen LogP contribution in [0.5, 0.6) is 0 Å². The number of likely N-dealkylation sites (tertiary alicyclic amines) is 1. The molecule has 0 unspecified atom stereocenters. The molecule has 0 radical (unpaired) electrons. The van der Waals surface area contributed by atoms with Crippen molar-refractivity contribution in [3.8, 4) is 0 Å². The smallest absolute Gasteiger partial charge is 0.248 e. The molecule has 0 spiro atoms. The van der Waals surface area contributed by atoms with E-state index in [1.165, 1.54) is 4.90 Å². The number of benzene rings is 2. The zero-order chi connectivity index (χ0) is 22.0. The molecule has 1 heterocycles. The molecule has 3 fully saturated rings. The summed E-state index contributed by atoms with van der Waals surface area (Å²) in [6, 6.07) is 15.6. The molecule has 5 nitrogen and oxygen atoms in total. The first-order valence-corrected chi connectivity index (χ1v) is 11.6. The fourth-order valence-corrected chi connectivity index (χ4v) is 6.39. The number of hydrogen-bond donors (Lipinski definition) is 1. The third-order valence-electron chi connectivity index (χ3n) is 7.71. The number of carbonyl (C=O) groups excluding carboxylic acids is 3. The summed E-state index contributed by atoms with van der Waals surface area (Å²) in [5.41, 5.74) is 1.36. The third-order valence-corrected chi connectivity index (χ3v) is 8.04. The summed E-state index contributed by atoms with van der Waals surface area (Å²) >= 11 is 6.25. The molecule has 1 N–H and O–H groups in total. The summed E-state index contributed by atoms with van der Waals surface area (Å²) in [5, 5.41) is 3.26. The van der Waals surface area contributed by atoms with Gasteiger partial charge in [0.1, 0.15) is 6.04 Å². The molecule has 7 rings (SSSR count). The van der Waals surface area contributed by atoms with Crippen molar-refractivity contribution in [3.63, 3.8) is 0 Å². The number of nitrogens with zero attached hydrogens (tertiary/aromatic N) is 1. The average Bonchev–Trinajstić information content (AvgIpc) is 3.58. The van der Waals surface area contributed by atoms with E-state index >= 15 is 0 Å². The highest BCUT2D eigenvalue weighted by Gasteiger charge is 2.67. The molecule has 7 atom stereocenters. The number of hydrogen-bond acceptors (Lipinski definition) is 3. The Balaban J connectivity index is 1.34. The van der Waals surface area contributed by atoms with E-state index in [0.29, 0.717) is 22.5 Å². The quantitative estimate of drug-likeness (QED) is 0.558. The second-order valence-electron chi connectivity index (χ2n) is 9.38. The van der Waals surface area contributed by atoms with E-state index in [0.717, 1.165) is 12.0 Å². The largest absolute Gasteiger partial charge is 0.323 e. The summed E-state index contributed by atoms with van der Waals surface area (Å²) in [4.78, 5) is 42.0. The molecular formula is C26H23ClN2O3. The van der Waals surface area contributed by atoms with Gasteiger partial charge in [0.2, 0.25) is 17.7 Å². The van der Waals surface area contributed by atoms with Gasteiger partial charge in [-0.2, -0.15) is 0 Å². The highest BCUT2D eigenvalue weighted by atomic mass is 35.5. The van der Waals surface area contributed by atoms with E-state index in [2.05, 4.69) is 17.5 Å². The van der Waals surface area contributed by atoms with Crippen molar-refractivity contribution in [2.45, 2.75) is 18.9 Å². The zero-order valence-corrected chi connectivity index (χ0v) is 18.1. The molecular weight excluding hydrogens is 424 g/mol. The Morgan fingerprint density at radius 2 is 1.53 bits per heavy atom. The minimum Gasteiger partial charge on any atom is -0.323 e. The normalized spacial score (nSPS) is 32.5. The maximum Gasteiger partial charge on any atom is 0.248 e. The van der Waals surface area contributed by atoms with Crippen LogP contribution >= 0.6 is 11.6 Å². The molecule has 162 valence electrons. The number of halogens is 1. The molecule has 0 aromatic heterocycles. The van der Waals surface area contributed by atoms with Gasteiger partial charge in [-0.05, 0) is 47.8 Å². The molecule has 2 saturated carbocycles. The zero-order valence-electron chi connectivity index (χ0n) is 17.4. The van der Waals surface area contributed by atoms with Crippen LogP contribution in [0.15, 0.2) is 66.7 Å². The van der Waals surface area contributed by atoms with Crippen molar-refractivity contribution in [1.29, 1.82) is 0 Å². The van der Waals surface area contributed by atoms with Gasteiger partial charge in [0.25, 0.3) is 0 Å². The van der Waals surface area contributed by atoms with Gasteiger partial charge in [0, 0.05) is 6.42 Å². The van der Waals surface area contributed by atoms with E-state index in [1.807, 2.05) is 30.3 Å². The summed E-state index contributed by atoms with van der Waals surface area (Å²) in [7, 11) is 0. The number of allylic oxidation sites excluding steroid dienone is 2. The predicted octanol–water partition coefficient (Wildman–Crippen LogP) is 3.94. The van der Waals surface area contributed by atoms with Crippen molar-refractivity contribution in [2.24, 2.45) is 35.5 Å². The monoisotopic (exact) mass is 446 g/mol. The maximum atomic E-state index is 13.6. The number of anilines is 1. The molecule has 3 amide bonds. The Morgan fingerprint density at radius 3 is 2.16 bits per heavy atom. The van der Waals surface area contributed by atoms with Gasteiger partial charge >= 0.3 is 0 Å². The fourth-order valence-electron chi connectivity index (χ4n) is 6.20. The van der Waals surface area contributed by atoms with Crippen LogP contribution in [-0.4, -0.2) is 28.7 Å². The average molecular weight is 447 g/mol. The standard InChI is InChI=1S/C26H23ClN2O3/c27-19-8-4-5-9-20(19)28-24(30)21(12-14-6-2-1-3-7-14)29-25(31)22-15-10-11-16(18-13-17(15)18)23(22)26(29)32/h1-11,15-18,21-23H,12-13H2,(H,28,30)/t15-,16-,17-,18-,21+,22-,23+/m1/s1. The molecule has 6 heteroatoms. The van der Waals surface area contributed by atoms with Crippen molar-refractivity contribution >= 4 is 35.0 Å². The minimum atomic E-state index is -0.921. The molecule has 4 aliphatic carbocycles. The van der Waals surface area contributed by atoms with Crippen LogP contribution in [0.3, 0.4) is 0 Å². The SMILES string of the molecule is O=C(Nc1ccccc1Cl)[C@H](Cc1ccccc1)N1C(=O)[C@@H]2[C@@H]3C=C[C@H]([C@H]4C[C@H]34)[C@@H]2C1=O. The van der Waals surface area contributed by atoms with E-state index in [9.17, 15) is 14.4 Å². The number of rotatable bonds is 5. The van der Waals surface area contributed by atoms with Crippen molar-refractivity contribution in [1.82, 2.24) is 4.90 Å². The van der Waals surface area contributed by atoms with Gasteiger partial charge in [-0.15, -0.1) is 0 Å². The predicted molar refractivity (Wildman–Crippen MR) is 121 cm³/mol. The number of carbonyl (C=O) groups is 3. The van der Waals surface area contributed by atoms with Gasteiger partial charge in [0.05, 0.1) is 22.5 Å². The second-order valence-corrected chi connectivity index (χ2v) is 9.78. The minimum absolute atomic E-state index is 0.125. The number of nitrogens with one attached hydrogen (secondary N) is 1. The fraction of sp³-hybridized carbons (Fsp3) is 0.346. The lowest BCUT2D eigenvalue weighted by atomic mass is 9.63.